The van der Waals surface area contributed by atoms with E-state index in [9.17, 15) is 9.18 Å². The van der Waals surface area contributed by atoms with Gasteiger partial charge in [0, 0.05) is 24.9 Å². The predicted octanol–water partition coefficient (Wildman–Crippen LogP) is 4.14. The largest absolute Gasteiger partial charge is 0.487 e. The molecule has 1 aromatic carbocycles. The molecule has 2 bridgehead atoms. The molecule has 1 amide bonds. The Morgan fingerprint density at radius 2 is 1.78 bits per heavy atom. The summed E-state index contributed by atoms with van der Waals surface area (Å²) in [6.45, 7) is 5.63. The third kappa shape index (κ3) is 3.59. The lowest BCUT2D eigenvalue weighted by atomic mass is 10.00. The van der Waals surface area contributed by atoms with Crippen molar-refractivity contribution in [2.75, 3.05) is 0 Å². The van der Waals surface area contributed by atoms with E-state index in [2.05, 4.69) is 0 Å². The zero-order valence-corrected chi connectivity index (χ0v) is 13.9. The summed E-state index contributed by atoms with van der Waals surface area (Å²) < 4.78 is 25.1. The highest BCUT2D eigenvalue weighted by Gasteiger charge is 2.45. The maximum atomic E-state index is 13.7. The Bertz CT molecular complexity index is 570. The van der Waals surface area contributed by atoms with E-state index in [0.29, 0.717) is 5.75 Å². The summed E-state index contributed by atoms with van der Waals surface area (Å²) in [6, 6.07) is 6.72. The van der Waals surface area contributed by atoms with Crippen LogP contribution in [-0.2, 0) is 4.74 Å². The molecule has 1 aromatic rings. The summed E-state index contributed by atoms with van der Waals surface area (Å²) in [5.74, 6) is -0.0444. The van der Waals surface area contributed by atoms with Crippen LogP contribution in [0.5, 0.6) is 5.75 Å². The van der Waals surface area contributed by atoms with Crippen molar-refractivity contribution in [3.8, 4) is 5.75 Å². The number of halogens is 1. The number of ether oxygens (including phenoxy) is 2. The molecule has 0 N–H and O–H groups in total. The Hall–Kier alpha value is -1.78. The number of nitrogens with zero attached hydrogens (tertiary/aromatic N) is 1. The van der Waals surface area contributed by atoms with Gasteiger partial charge >= 0.3 is 6.09 Å². The maximum Gasteiger partial charge on any atom is 0.410 e. The zero-order chi connectivity index (χ0) is 16.6. The molecule has 5 heteroatoms. The van der Waals surface area contributed by atoms with Crippen molar-refractivity contribution < 1.29 is 18.7 Å². The number of amides is 1. The maximum absolute atomic E-state index is 13.7. The van der Waals surface area contributed by atoms with E-state index in [1.54, 1.807) is 18.2 Å². The number of fused-ring (bicyclic) bond motifs is 2. The van der Waals surface area contributed by atoms with Gasteiger partial charge in [0.05, 0.1) is 0 Å². The van der Waals surface area contributed by atoms with Gasteiger partial charge in [0.15, 0.2) is 11.6 Å². The minimum Gasteiger partial charge on any atom is -0.487 e. The minimum absolute atomic E-state index is 0.0527. The first kappa shape index (κ1) is 16.1. The van der Waals surface area contributed by atoms with Gasteiger partial charge in [-0.1, -0.05) is 12.1 Å². The van der Waals surface area contributed by atoms with E-state index in [1.807, 2.05) is 25.7 Å². The molecule has 2 aliphatic heterocycles. The average Bonchev–Trinajstić information content (AvgIpc) is 2.72. The topological polar surface area (TPSA) is 38.8 Å². The van der Waals surface area contributed by atoms with Gasteiger partial charge in [-0.2, -0.15) is 0 Å². The van der Waals surface area contributed by atoms with E-state index >= 15 is 0 Å². The molecule has 3 rings (SSSR count). The van der Waals surface area contributed by atoms with Gasteiger partial charge < -0.3 is 14.4 Å². The smallest absolute Gasteiger partial charge is 0.410 e. The number of piperidine rings is 1. The Labute approximate surface area is 136 Å². The molecule has 2 fully saturated rings. The Morgan fingerprint density at radius 3 is 2.35 bits per heavy atom. The van der Waals surface area contributed by atoms with Crippen LogP contribution < -0.4 is 4.74 Å². The molecule has 3 atom stereocenters. The lowest BCUT2D eigenvalue weighted by molar-refractivity contribution is -0.00753. The summed E-state index contributed by atoms with van der Waals surface area (Å²) >= 11 is 0. The van der Waals surface area contributed by atoms with Crippen LogP contribution in [0.3, 0.4) is 0 Å². The summed E-state index contributed by atoms with van der Waals surface area (Å²) in [4.78, 5) is 14.3. The van der Waals surface area contributed by atoms with E-state index in [-0.39, 0.29) is 30.1 Å². The summed E-state index contributed by atoms with van der Waals surface area (Å²) in [7, 11) is 0. The van der Waals surface area contributed by atoms with Crippen LogP contribution in [0, 0.1) is 5.82 Å². The van der Waals surface area contributed by atoms with Crippen molar-refractivity contribution >= 4 is 6.09 Å². The molecule has 0 radical (unpaired) electrons. The second-order valence-electron chi connectivity index (χ2n) is 7.41. The van der Waals surface area contributed by atoms with Crippen LogP contribution in [0.25, 0.3) is 0 Å². The van der Waals surface area contributed by atoms with Gasteiger partial charge in [0.1, 0.15) is 11.7 Å². The van der Waals surface area contributed by atoms with Crippen LogP contribution in [0.1, 0.15) is 46.5 Å². The second kappa shape index (κ2) is 6.02. The number of rotatable bonds is 2. The normalized spacial score (nSPS) is 27.0. The molecular formula is C18H24FNO3. The standard InChI is InChI=1S/C18H24FNO3/c1-18(2,3)23-17(21)20-12-8-9-13(20)11-14(10-12)22-16-7-5-4-6-15(16)19/h4-7,12-14H,8-11H2,1-3H3/t12-,13+,14-. The predicted molar refractivity (Wildman–Crippen MR) is 84.9 cm³/mol. The van der Waals surface area contributed by atoms with Crippen LogP contribution in [0.2, 0.25) is 0 Å². The van der Waals surface area contributed by atoms with Crippen LogP contribution in [0.4, 0.5) is 9.18 Å². The molecule has 0 spiro atoms. The van der Waals surface area contributed by atoms with E-state index in [0.717, 1.165) is 25.7 Å². The molecule has 0 saturated carbocycles. The van der Waals surface area contributed by atoms with Gasteiger partial charge in [-0.3, -0.25) is 0 Å². The highest BCUT2D eigenvalue weighted by Crippen LogP contribution is 2.38. The quantitative estimate of drug-likeness (QED) is 0.822. The molecular weight excluding hydrogens is 297 g/mol. The molecule has 4 nitrogen and oxygen atoms in total. The first-order chi connectivity index (χ1) is 10.8. The first-order valence-corrected chi connectivity index (χ1v) is 8.26. The molecule has 23 heavy (non-hydrogen) atoms. The number of carbonyl (C=O) groups is 1. The highest BCUT2D eigenvalue weighted by atomic mass is 19.1. The van der Waals surface area contributed by atoms with Crippen molar-refractivity contribution in [3.05, 3.63) is 30.1 Å². The average molecular weight is 321 g/mol. The van der Waals surface area contributed by atoms with Crippen LogP contribution in [-0.4, -0.2) is 34.8 Å². The number of hydrogen-bond acceptors (Lipinski definition) is 3. The van der Waals surface area contributed by atoms with Crippen molar-refractivity contribution in [1.82, 2.24) is 4.90 Å². The third-order valence-electron chi connectivity index (χ3n) is 4.42. The van der Waals surface area contributed by atoms with Gasteiger partial charge in [-0.05, 0) is 45.7 Å². The fourth-order valence-corrected chi connectivity index (χ4v) is 3.56. The van der Waals surface area contributed by atoms with Gasteiger partial charge in [0.25, 0.3) is 0 Å². The molecule has 0 aliphatic carbocycles. The van der Waals surface area contributed by atoms with Gasteiger partial charge in [-0.25, -0.2) is 9.18 Å². The van der Waals surface area contributed by atoms with E-state index < -0.39 is 5.60 Å². The fourth-order valence-electron chi connectivity index (χ4n) is 3.56. The zero-order valence-electron chi connectivity index (χ0n) is 13.9. The molecule has 0 aromatic heterocycles. The lowest BCUT2D eigenvalue weighted by Gasteiger charge is -2.39. The van der Waals surface area contributed by atoms with Crippen LogP contribution in [0.15, 0.2) is 24.3 Å². The second-order valence-corrected chi connectivity index (χ2v) is 7.41. The van der Waals surface area contributed by atoms with Crippen LogP contribution >= 0.6 is 0 Å². The van der Waals surface area contributed by atoms with Gasteiger partial charge in [-0.15, -0.1) is 0 Å². The summed E-state index contributed by atoms with van der Waals surface area (Å²) in [5.41, 5.74) is -0.489. The minimum atomic E-state index is -0.489. The fraction of sp³-hybridized carbons (Fsp3) is 0.611. The van der Waals surface area contributed by atoms with E-state index in [1.165, 1.54) is 6.07 Å². The van der Waals surface area contributed by atoms with E-state index in [4.69, 9.17) is 9.47 Å². The van der Waals surface area contributed by atoms with Gasteiger partial charge in [0.2, 0.25) is 0 Å². The number of benzene rings is 1. The Morgan fingerprint density at radius 1 is 1.17 bits per heavy atom. The first-order valence-electron chi connectivity index (χ1n) is 8.26. The monoisotopic (exact) mass is 321 g/mol. The summed E-state index contributed by atoms with van der Waals surface area (Å²) in [6.07, 6.45) is 3.08. The van der Waals surface area contributed by atoms with Crippen molar-refractivity contribution in [3.63, 3.8) is 0 Å². The molecule has 2 heterocycles. The van der Waals surface area contributed by atoms with Crippen molar-refractivity contribution in [2.45, 2.75) is 70.2 Å². The molecule has 0 unspecified atom stereocenters. The highest BCUT2D eigenvalue weighted by molar-refractivity contribution is 5.69. The SMILES string of the molecule is CC(C)(C)OC(=O)N1[C@@H]2CC[C@H]1C[C@H](Oc1ccccc1F)C2. The van der Waals surface area contributed by atoms with Crippen molar-refractivity contribution in [2.24, 2.45) is 0 Å². The molecule has 126 valence electrons. The number of para-hydroxylation sites is 1. The number of carbonyl (C=O) groups excluding carboxylic acids is 1. The van der Waals surface area contributed by atoms with Crippen molar-refractivity contribution in [1.29, 1.82) is 0 Å². The Kier molecular flexibility index (Phi) is 4.21. The number of hydrogen-bond donors (Lipinski definition) is 0. The molecule has 2 saturated heterocycles. The lowest BCUT2D eigenvalue weighted by Crippen LogP contribution is -2.50. The Balaban J connectivity index is 1.65. The molecule has 2 aliphatic rings. The third-order valence-corrected chi connectivity index (χ3v) is 4.42. The summed E-state index contributed by atoms with van der Waals surface area (Å²) in [5, 5.41) is 0.